The van der Waals surface area contributed by atoms with Crippen molar-refractivity contribution in [3.8, 4) is 0 Å². The van der Waals surface area contributed by atoms with Gasteiger partial charge < -0.3 is 15.0 Å². The first kappa shape index (κ1) is 18.0. The standard InChI is InChI=1S/C19H35N3O2/c1-5-21-10-6-7-17(21)13-20-14-11-15-8-9-16(12-14)22(15)18(23)24-19(2,3)4/h14-17,20H,5-13H2,1-4H3. The van der Waals surface area contributed by atoms with Crippen molar-refractivity contribution in [2.75, 3.05) is 19.6 Å². The maximum atomic E-state index is 12.5. The number of likely N-dealkylation sites (N-methyl/N-ethyl adjacent to an activating group) is 1. The zero-order valence-electron chi connectivity index (χ0n) is 15.9. The third-order valence-electron chi connectivity index (χ3n) is 5.88. The normalized spacial score (nSPS) is 33.9. The maximum absolute atomic E-state index is 12.5. The van der Waals surface area contributed by atoms with E-state index < -0.39 is 5.60 Å². The number of rotatable bonds is 4. The molecule has 3 fully saturated rings. The highest BCUT2D eigenvalue weighted by molar-refractivity contribution is 5.69. The zero-order valence-corrected chi connectivity index (χ0v) is 15.9. The Morgan fingerprint density at radius 1 is 1.17 bits per heavy atom. The molecule has 0 spiro atoms. The van der Waals surface area contributed by atoms with E-state index in [2.05, 4.69) is 17.1 Å². The van der Waals surface area contributed by atoms with Gasteiger partial charge in [-0.1, -0.05) is 6.92 Å². The van der Waals surface area contributed by atoms with Crippen molar-refractivity contribution in [3.05, 3.63) is 0 Å². The quantitative estimate of drug-likeness (QED) is 0.856. The first-order chi connectivity index (χ1) is 11.4. The molecule has 24 heavy (non-hydrogen) atoms. The van der Waals surface area contributed by atoms with E-state index in [1.54, 1.807) is 0 Å². The van der Waals surface area contributed by atoms with E-state index in [1.165, 1.54) is 19.4 Å². The first-order valence-corrected chi connectivity index (χ1v) is 9.86. The van der Waals surface area contributed by atoms with Crippen LogP contribution in [-0.4, -0.2) is 65.3 Å². The van der Waals surface area contributed by atoms with Crippen LogP contribution in [0.3, 0.4) is 0 Å². The van der Waals surface area contributed by atoms with Crippen LogP contribution in [0, 0.1) is 0 Å². The molecule has 3 heterocycles. The predicted molar refractivity (Wildman–Crippen MR) is 96.2 cm³/mol. The van der Waals surface area contributed by atoms with Crippen LogP contribution in [0.15, 0.2) is 0 Å². The summed E-state index contributed by atoms with van der Waals surface area (Å²) in [5.41, 5.74) is -0.405. The summed E-state index contributed by atoms with van der Waals surface area (Å²) in [6.45, 7) is 11.6. The van der Waals surface area contributed by atoms with Gasteiger partial charge in [0, 0.05) is 30.7 Å². The van der Waals surface area contributed by atoms with Gasteiger partial charge in [-0.15, -0.1) is 0 Å². The summed E-state index contributed by atoms with van der Waals surface area (Å²) in [6, 6.07) is 1.99. The number of hydrogen-bond acceptors (Lipinski definition) is 4. The Kier molecular flexibility index (Phi) is 5.40. The molecule has 3 unspecified atom stereocenters. The van der Waals surface area contributed by atoms with Crippen molar-refractivity contribution >= 4 is 6.09 Å². The number of likely N-dealkylation sites (tertiary alicyclic amines) is 1. The summed E-state index contributed by atoms with van der Waals surface area (Å²) < 4.78 is 5.62. The third kappa shape index (κ3) is 4.05. The molecule has 3 aliphatic heterocycles. The van der Waals surface area contributed by atoms with Crippen molar-refractivity contribution in [1.82, 2.24) is 15.1 Å². The molecule has 0 radical (unpaired) electrons. The number of carbonyl (C=O) groups excluding carboxylic acids is 1. The van der Waals surface area contributed by atoms with E-state index in [-0.39, 0.29) is 6.09 Å². The molecule has 0 aromatic rings. The highest BCUT2D eigenvalue weighted by Crippen LogP contribution is 2.37. The van der Waals surface area contributed by atoms with Gasteiger partial charge in [0.1, 0.15) is 5.60 Å². The summed E-state index contributed by atoms with van der Waals surface area (Å²) in [6.07, 6.45) is 6.97. The molecule has 5 heteroatoms. The van der Waals surface area contributed by atoms with Gasteiger partial charge in [0.25, 0.3) is 0 Å². The number of ether oxygens (including phenoxy) is 1. The average molecular weight is 338 g/mol. The Balaban J connectivity index is 1.51. The summed E-state index contributed by atoms with van der Waals surface area (Å²) in [7, 11) is 0. The van der Waals surface area contributed by atoms with E-state index in [0.717, 1.165) is 38.8 Å². The minimum absolute atomic E-state index is 0.110. The Morgan fingerprint density at radius 3 is 2.42 bits per heavy atom. The van der Waals surface area contributed by atoms with Crippen LogP contribution in [0.5, 0.6) is 0 Å². The van der Waals surface area contributed by atoms with Crippen LogP contribution >= 0.6 is 0 Å². The molecule has 2 bridgehead atoms. The summed E-state index contributed by atoms with van der Waals surface area (Å²) in [5.74, 6) is 0. The minimum Gasteiger partial charge on any atom is -0.444 e. The van der Waals surface area contributed by atoms with Gasteiger partial charge in [0.05, 0.1) is 0 Å². The number of fused-ring (bicyclic) bond motifs is 2. The molecule has 0 saturated carbocycles. The van der Waals surface area contributed by atoms with Gasteiger partial charge in [-0.2, -0.15) is 0 Å². The van der Waals surface area contributed by atoms with Crippen molar-refractivity contribution < 1.29 is 9.53 Å². The monoisotopic (exact) mass is 337 g/mol. The van der Waals surface area contributed by atoms with Crippen LogP contribution in [0.2, 0.25) is 0 Å². The van der Waals surface area contributed by atoms with Crippen LogP contribution in [-0.2, 0) is 4.74 Å². The second-order valence-electron chi connectivity index (χ2n) is 8.77. The van der Waals surface area contributed by atoms with Gasteiger partial charge in [0.2, 0.25) is 0 Å². The summed E-state index contributed by atoms with van der Waals surface area (Å²) in [4.78, 5) is 17.1. The van der Waals surface area contributed by atoms with Crippen molar-refractivity contribution in [2.24, 2.45) is 0 Å². The highest BCUT2D eigenvalue weighted by atomic mass is 16.6. The number of amides is 1. The lowest BCUT2D eigenvalue weighted by molar-refractivity contribution is 0.00452. The van der Waals surface area contributed by atoms with Crippen molar-refractivity contribution in [1.29, 1.82) is 0 Å². The first-order valence-electron chi connectivity index (χ1n) is 9.86. The van der Waals surface area contributed by atoms with E-state index in [0.29, 0.717) is 24.2 Å². The fourth-order valence-electron chi connectivity index (χ4n) is 4.80. The molecule has 0 aromatic heterocycles. The SMILES string of the molecule is CCN1CCCC1CNC1CC2CCC(C1)N2C(=O)OC(C)(C)C. The van der Waals surface area contributed by atoms with Crippen LogP contribution in [0.1, 0.15) is 66.2 Å². The molecule has 0 aromatic carbocycles. The Hall–Kier alpha value is -0.810. The minimum atomic E-state index is -0.405. The fraction of sp³-hybridized carbons (Fsp3) is 0.947. The summed E-state index contributed by atoms with van der Waals surface area (Å²) >= 11 is 0. The number of nitrogens with zero attached hydrogens (tertiary/aromatic N) is 2. The molecular formula is C19H35N3O2. The van der Waals surface area contributed by atoms with Crippen LogP contribution < -0.4 is 5.32 Å². The zero-order chi connectivity index (χ0) is 17.3. The molecular weight excluding hydrogens is 302 g/mol. The Morgan fingerprint density at radius 2 is 1.83 bits per heavy atom. The smallest absolute Gasteiger partial charge is 0.410 e. The van der Waals surface area contributed by atoms with E-state index in [1.807, 2.05) is 25.7 Å². The summed E-state index contributed by atoms with van der Waals surface area (Å²) in [5, 5.41) is 3.82. The topological polar surface area (TPSA) is 44.8 Å². The van der Waals surface area contributed by atoms with Gasteiger partial charge >= 0.3 is 6.09 Å². The Labute approximate surface area is 147 Å². The molecule has 138 valence electrons. The molecule has 1 N–H and O–H groups in total. The fourth-order valence-corrected chi connectivity index (χ4v) is 4.80. The molecule has 3 aliphatic rings. The lowest BCUT2D eigenvalue weighted by Gasteiger charge is -2.40. The van der Waals surface area contributed by atoms with Crippen molar-refractivity contribution in [2.45, 2.75) is 96.0 Å². The maximum Gasteiger partial charge on any atom is 0.410 e. The van der Waals surface area contributed by atoms with E-state index >= 15 is 0 Å². The lowest BCUT2D eigenvalue weighted by atomic mass is 9.97. The van der Waals surface area contributed by atoms with Gasteiger partial charge in [-0.05, 0) is 72.4 Å². The Bertz CT molecular complexity index is 434. The van der Waals surface area contributed by atoms with Crippen LogP contribution in [0.4, 0.5) is 4.79 Å². The van der Waals surface area contributed by atoms with Crippen LogP contribution in [0.25, 0.3) is 0 Å². The highest BCUT2D eigenvalue weighted by Gasteiger charge is 2.44. The lowest BCUT2D eigenvalue weighted by Crippen LogP contribution is -2.53. The molecule has 0 aliphatic carbocycles. The second-order valence-corrected chi connectivity index (χ2v) is 8.77. The molecule has 1 amide bonds. The number of hydrogen-bond donors (Lipinski definition) is 1. The number of piperidine rings is 1. The molecule has 3 atom stereocenters. The predicted octanol–water partition coefficient (Wildman–Crippen LogP) is 2.99. The second kappa shape index (κ2) is 7.20. The van der Waals surface area contributed by atoms with Gasteiger partial charge in [-0.3, -0.25) is 4.90 Å². The average Bonchev–Trinajstić information content (AvgIpc) is 3.05. The molecule has 3 saturated heterocycles. The molecule has 3 rings (SSSR count). The largest absolute Gasteiger partial charge is 0.444 e. The number of nitrogens with one attached hydrogen (secondary N) is 1. The van der Waals surface area contributed by atoms with Crippen molar-refractivity contribution in [3.63, 3.8) is 0 Å². The van der Waals surface area contributed by atoms with E-state index in [4.69, 9.17) is 4.74 Å². The number of carbonyl (C=O) groups is 1. The van der Waals surface area contributed by atoms with Gasteiger partial charge in [-0.25, -0.2) is 4.79 Å². The third-order valence-corrected chi connectivity index (χ3v) is 5.88. The van der Waals surface area contributed by atoms with E-state index in [9.17, 15) is 4.79 Å². The molecule has 5 nitrogen and oxygen atoms in total. The van der Waals surface area contributed by atoms with Gasteiger partial charge in [0.15, 0.2) is 0 Å².